The Morgan fingerprint density at radius 1 is 1.10 bits per heavy atom. The minimum absolute atomic E-state index is 0.679. The fraction of sp³-hybridized carbons (Fsp3) is 0.0625. The average Bonchev–Trinajstić information content (AvgIpc) is 2.46. The fourth-order valence-corrected chi connectivity index (χ4v) is 2.66. The lowest BCUT2D eigenvalue weighted by Crippen LogP contribution is -1.93. The van der Waals surface area contributed by atoms with Gasteiger partial charge in [-0.1, -0.05) is 15.9 Å². The Balaban J connectivity index is 2.08. The van der Waals surface area contributed by atoms with Gasteiger partial charge in [0, 0.05) is 26.2 Å². The van der Waals surface area contributed by atoms with E-state index in [1.807, 2.05) is 43.3 Å². The highest BCUT2D eigenvalue weighted by molar-refractivity contribution is 9.10. The monoisotopic (exact) mass is 406 g/mol. The average molecular weight is 408 g/mol. The van der Waals surface area contributed by atoms with Crippen LogP contribution in [0.2, 0.25) is 0 Å². The van der Waals surface area contributed by atoms with Crippen molar-refractivity contribution in [1.29, 1.82) is 0 Å². The highest BCUT2D eigenvalue weighted by Gasteiger charge is 2.09. The fourth-order valence-electron chi connectivity index (χ4n) is 2.08. The van der Waals surface area contributed by atoms with Gasteiger partial charge in [-0.25, -0.2) is 0 Å². The number of halogens is 2. The van der Waals surface area contributed by atoms with Crippen molar-refractivity contribution < 1.29 is 4.74 Å². The molecule has 0 bridgehead atoms. The third kappa shape index (κ3) is 2.89. The molecule has 0 amide bonds. The summed E-state index contributed by atoms with van der Waals surface area (Å²) in [6.07, 6.45) is 1.74. The number of pyridine rings is 1. The first kappa shape index (κ1) is 14.4. The molecular formula is C16H12Br2N2O. The Morgan fingerprint density at radius 2 is 1.90 bits per heavy atom. The van der Waals surface area contributed by atoms with Crippen LogP contribution in [0.3, 0.4) is 0 Å². The molecule has 0 unspecified atom stereocenters. The number of hydrogen-bond acceptors (Lipinski definition) is 3. The Labute approximate surface area is 139 Å². The van der Waals surface area contributed by atoms with Crippen LogP contribution in [0.5, 0.6) is 11.5 Å². The van der Waals surface area contributed by atoms with Crippen molar-refractivity contribution >= 4 is 48.5 Å². The number of aromatic nitrogens is 1. The SMILES string of the molecule is Cc1cc(Oc2ccc(N)c3cc(Br)cnc23)ccc1Br. The van der Waals surface area contributed by atoms with Gasteiger partial charge in [0.05, 0.1) is 0 Å². The summed E-state index contributed by atoms with van der Waals surface area (Å²) in [5, 5.41) is 0.871. The highest BCUT2D eigenvalue weighted by atomic mass is 79.9. The second-order valence-electron chi connectivity index (χ2n) is 4.72. The normalized spacial score (nSPS) is 10.8. The minimum atomic E-state index is 0.679. The van der Waals surface area contributed by atoms with Crippen LogP contribution in [0.15, 0.2) is 51.5 Å². The summed E-state index contributed by atoms with van der Waals surface area (Å²) in [5.74, 6) is 1.46. The maximum atomic E-state index is 6.01. The quantitative estimate of drug-likeness (QED) is 0.575. The molecule has 0 aliphatic carbocycles. The molecule has 0 saturated carbocycles. The first-order valence-electron chi connectivity index (χ1n) is 6.32. The smallest absolute Gasteiger partial charge is 0.153 e. The van der Waals surface area contributed by atoms with Gasteiger partial charge in [-0.3, -0.25) is 4.98 Å². The summed E-state index contributed by atoms with van der Waals surface area (Å²) >= 11 is 6.89. The summed E-state index contributed by atoms with van der Waals surface area (Å²) in [7, 11) is 0. The van der Waals surface area contributed by atoms with Crippen LogP contribution in [0.1, 0.15) is 5.56 Å². The third-order valence-electron chi connectivity index (χ3n) is 3.17. The van der Waals surface area contributed by atoms with Crippen LogP contribution >= 0.6 is 31.9 Å². The standard InChI is InChI=1S/C16H12Br2N2O/c1-9-6-11(2-3-13(9)18)21-15-5-4-14(19)12-7-10(17)8-20-16(12)15/h2-8H,19H2,1H3. The number of nitrogens with two attached hydrogens (primary N) is 1. The summed E-state index contributed by atoms with van der Waals surface area (Å²) in [6.45, 7) is 2.02. The molecule has 106 valence electrons. The predicted octanol–water partition coefficient (Wildman–Crippen LogP) is 5.44. The molecule has 5 heteroatoms. The number of anilines is 1. The van der Waals surface area contributed by atoms with Crippen molar-refractivity contribution in [3.63, 3.8) is 0 Å². The molecular weight excluding hydrogens is 396 g/mol. The van der Waals surface area contributed by atoms with Crippen LogP contribution in [0.25, 0.3) is 10.9 Å². The molecule has 2 N–H and O–H groups in total. The largest absolute Gasteiger partial charge is 0.455 e. The maximum absolute atomic E-state index is 6.01. The number of hydrogen-bond donors (Lipinski definition) is 1. The van der Waals surface area contributed by atoms with E-state index in [-0.39, 0.29) is 0 Å². The molecule has 0 saturated heterocycles. The molecule has 1 heterocycles. The van der Waals surface area contributed by atoms with Gasteiger partial charge in [-0.15, -0.1) is 0 Å². The van der Waals surface area contributed by atoms with E-state index in [2.05, 4.69) is 36.8 Å². The number of nitrogen functional groups attached to an aromatic ring is 1. The van der Waals surface area contributed by atoms with Crippen molar-refractivity contribution in [3.8, 4) is 11.5 Å². The second-order valence-corrected chi connectivity index (χ2v) is 6.49. The third-order valence-corrected chi connectivity index (χ3v) is 4.49. The molecule has 0 radical (unpaired) electrons. The number of benzene rings is 2. The van der Waals surface area contributed by atoms with E-state index in [0.29, 0.717) is 11.4 Å². The number of aryl methyl sites for hydroxylation is 1. The first-order valence-corrected chi connectivity index (χ1v) is 7.91. The Morgan fingerprint density at radius 3 is 2.67 bits per heavy atom. The summed E-state index contributed by atoms with van der Waals surface area (Å²) < 4.78 is 7.91. The van der Waals surface area contributed by atoms with E-state index < -0.39 is 0 Å². The van der Waals surface area contributed by atoms with Gasteiger partial charge in [0.1, 0.15) is 11.3 Å². The van der Waals surface area contributed by atoms with E-state index in [1.54, 1.807) is 6.20 Å². The van der Waals surface area contributed by atoms with Crippen LogP contribution in [-0.4, -0.2) is 4.98 Å². The van der Waals surface area contributed by atoms with Crippen LogP contribution < -0.4 is 10.5 Å². The molecule has 3 nitrogen and oxygen atoms in total. The number of fused-ring (bicyclic) bond motifs is 1. The molecule has 21 heavy (non-hydrogen) atoms. The van der Waals surface area contributed by atoms with Gasteiger partial charge in [-0.2, -0.15) is 0 Å². The minimum Gasteiger partial charge on any atom is -0.455 e. The van der Waals surface area contributed by atoms with Crippen LogP contribution in [-0.2, 0) is 0 Å². The van der Waals surface area contributed by atoms with Gasteiger partial charge in [0.2, 0.25) is 0 Å². The Kier molecular flexibility index (Phi) is 3.87. The van der Waals surface area contributed by atoms with Crippen LogP contribution in [0.4, 0.5) is 5.69 Å². The lowest BCUT2D eigenvalue weighted by atomic mass is 10.1. The van der Waals surface area contributed by atoms with Gasteiger partial charge in [0.25, 0.3) is 0 Å². The van der Waals surface area contributed by atoms with E-state index in [1.165, 1.54) is 0 Å². The lowest BCUT2D eigenvalue weighted by molar-refractivity contribution is 0.486. The predicted molar refractivity (Wildman–Crippen MR) is 92.8 cm³/mol. The zero-order valence-corrected chi connectivity index (χ0v) is 14.4. The van der Waals surface area contributed by atoms with Gasteiger partial charge in [0.15, 0.2) is 5.75 Å². The summed E-state index contributed by atoms with van der Waals surface area (Å²) in [6, 6.07) is 11.5. The maximum Gasteiger partial charge on any atom is 0.153 e. The Hall–Kier alpha value is -1.59. The molecule has 0 aliphatic heterocycles. The number of ether oxygens (including phenoxy) is 1. The molecule has 3 rings (SSSR count). The van der Waals surface area contributed by atoms with E-state index in [4.69, 9.17) is 10.5 Å². The molecule has 1 aromatic heterocycles. The molecule has 0 aliphatic rings. The van der Waals surface area contributed by atoms with E-state index in [0.717, 1.165) is 31.2 Å². The molecule has 0 atom stereocenters. The number of nitrogens with zero attached hydrogens (tertiary/aromatic N) is 1. The topological polar surface area (TPSA) is 48.1 Å². The van der Waals surface area contributed by atoms with Gasteiger partial charge in [-0.05, 0) is 64.8 Å². The first-order chi connectivity index (χ1) is 10.0. The number of rotatable bonds is 2. The van der Waals surface area contributed by atoms with E-state index in [9.17, 15) is 0 Å². The zero-order valence-electron chi connectivity index (χ0n) is 11.2. The molecule has 3 aromatic rings. The molecule has 0 fully saturated rings. The van der Waals surface area contributed by atoms with Crippen LogP contribution in [0, 0.1) is 6.92 Å². The van der Waals surface area contributed by atoms with Crippen molar-refractivity contribution in [1.82, 2.24) is 4.98 Å². The van der Waals surface area contributed by atoms with Crippen molar-refractivity contribution in [2.75, 3.05) is 5.73 Å². The van der Waals surface area contributed by atoms with Crippen molar-refractivity contribution in [3.05, 3.63) is 57.1 Å². The summed E-state index contributed by atoms with van der Waals surface area (Å²) in [4.78, 5) is 4.42. The summed E-state index contributed by atoms with van der Waals surface area (Å²) in [5.41, 5.74) is 8.55. The lowest BCUT2D eigenvalue weighted by Gasteiger charge is -2.11. The molecule has 0 spiro atoms. The second kappa shape index (κ2) is 5.66. The van der Waals surface area contributed by atoms with Crippen molar-refractivity contribution in [2.45, 2.75) is 6.92 Å². The van der Waals surface area contributed by atoms with E-state index >= 15 is 0 Å². The van der Waals surface area contributed by atoms with Crippen molar-refractivity contribution in [2.24, 2.45) is 0 Å². The molecule has 2 aromatic carbocycles. The zero-order chi connectivity index (χ0) is 15.0. The Bertz CT molecular complexity index is 834. The highest BCUT2D eigenvalue weighted by Crippen LogP contribution is 2.34. The van der Waals surface area contributed by atoms with Gasteiger partial charge < -0.3 is 10.5 Å². The van der Waals surface area contributed by atoms with Gasteiger partial charge >= 0.3 is 0 Å².